The zero-order chi connectivity index (χ0) is 19.8. The van der Waals surface area contributed by atoms with E-state index in [1.165, 1.54) is 28.0 Å². The number of benzene rings is 1. The Balaban J connectivity index is 1.62. The summed E-state index contributed by atoms with van der Waals surface area (Å²) in [6.07, 6.45) is 1.67. The van der Waals surface area contributed by atoms with Gasteiger partial charge in [0.1, 0.15) is 16.5 Å². The molecule has 0 saturated carbocycles. The lowest BCUT2D eigenvalue weighted by Gasteiger charge is -2.05. The van der Waals surface area contributed by atoms with Crippen LogP contribution in [0.25, 0.3) is 17.4 Å². The number of rotatable bonds is 3. The first-order valence-corrected chi connectivity index (χ1v) is 10.4. The predicted molar refractivity (Wildman–Crippen MR) is 114 cm³/mol. The van der Waals surface area contributed by atoms with Crippen LogP contribution in [0.15, 0.2) is 44.6 Å². The van der Waals surface area contributed by atoms with Crippen molar-refractivity contribution in [1.82, 2.24) is 15.1 Å². The van der Waals surface area contributed by atoms with E-state index in [9.17, 15) is 4.79 Å². The van der Waals surface area contributed by atoms with E-state index in [2.05, 4.69) is 15.2 Å². The maximum atomic E-state index is 12.5. The number of halogens is 2. The number of likely N-dealkylation sites (N-methyl/N-ethyl adjacent to an activating group) is 1. The Morgan fingerprint density at radius 1 is 1.18 bits per heavy atom. The maximum Gasteiger partial charge on any atom is 0.266 e. The van der Waals surface area contributed by atoms with Crippen molar-refractivity contribution in [3.8, 4) is 11.3 Å². The molecule has 3 heterocycles. The Labute approximate surface area is 178 Å². The van der Waals surface area contributed by atoms with E-state index in [1.807, 2.05) is 6.92 Å². The fraction of sp³-hybridized carbons (Fsp3) is 0.111. The molecule has 2 aromatic heterocycles. The van der Waals surface area contributed by atoms with Gasteiger partial charge in [0.25, 0.3) is 5.91 Å². The predicted octanol–water partition coefficient (Wildman–Crippen LogP) is 5.65. The van der Waals surface area contributed by atoms with Crippen LogP contribution in [-0.4, -0.2) is 33.2 Å². The fourth-order valence-corrected chi connectivity index (χ4v) is 4.64. The summed E-state index contributed by atoms with van der Waals surface area (Å²) >= 11 is 15.1. The lowest BCUT2D eigenvalue weighted by molar-refractivity contribution is -0.121. The monoisotopic (exact) mass is 450 g/mol. The third-order valence-electron chi connectivity index (χ3n) is 3.82. The molecule has 0 bridgehead atoms. The van der Waals surface area contributed by atoms with Crippen LogP contribution in [-0.2, 0) is 4.79 Å². The summed E-state index contributed by atoms with van der Waals surface area (Å²) in [4.78, 5) is 18.9. The minimum atomic E-state index is -0.168. The molecule has 0 atom stereocenters. The summed E-state index contributed by atoms with van der Waals surface area (Å²) in [6.45, 7) is 1.85. The van der Waals surface area contributed by atoms with Crippen LogP contribution in [0.3, 0.4) is 0 Å². The van der Waals surface area contributed by atoms with Crippen LogP contribution in [0.5, 0.6) is 0 Å². The maximum absolute atomic E-state index is 12.5. The van der Waals surface area contributed by atoms with Crippen LogP contribution in [0.1, 0.15) is 10.8 Å². The molecule has 0 unspecified atom stereocenters. The Morgan fingerprint density at radius 3 is 2.61 bits per heavy atom. The minimum absolute atomic E-state index is 0.168. The van der Waals surface area contributed by atoms with Gasteiger partial charge in [-0.15, -0.1) is 10.2 Å². The van der Waals surface area contributed by atoms with Crippen LogP contribution in [0, 0.1) is 6.92 Å². The molecule has 0 N–H and O–H groups in total. The van der Waals surface area contributed by atoms with Crippen LogP contribution >= 0.6 is 46.3 Å². The first kappa shape index (κ1) is 19.2. The average molecular weight is 451 g/mol. The highest BCUT2D eigenvalue weighted by atomic mass is 35.5. The number of thioether (sulfide) groups is 1. The number of amides is 1. The number of carbonyl (C=O) groups excluding carboxylic acids is 1. The second kappa shape index (κ2) is 7.71. The van der Waals surface area contributed by atoms with Crippen molar-refractivity contribution >= 4 is 68.6 Å². The number of carbonyl (C=O) groups is 1. The molecule has 0 radical (unpaired) electrons. The Bertz CT molecular complexity index is 1120. The van der Waals surface area contributed by atoms with Crippen molar-refractivity contribution in [3.05, 3.63) is 56.1 Å². The van der Waals surface area contributed by atoms with E-state index in [0.29, 0.717) is 42.3 Å². The molecule has 1 aromatic carbocycles. The van der Waals surface area contributed by atoms with Crippen molar-refractivity contribution in [3.63, 3.8) is 0 Å². The number of hydrogen-bond acceptors (Lipinski definition) is 7. The summed E-state index contributed by atoms with van der Waals surface area (Å²) in [6, 6.07) is 8.79. The zero-order valence-corrected chi connectivity index (χ0v) is 17.8. The quantitative estimate of drug-likeness (QED) is 0.482. The van der Waals surface area contributed by atoms with Gasteiger partial charge in [0, 0.05) is 13.1 Å². The van der Waals surface area contributed by atoms with Crippen LogP contribution < -0.4 is 0 Å². The van der Waals surface area contributed by atoms with Gasteiger partial charge in [-0.25, -0.2) is 0 Å². The highest BCUT2D eigenvalue weighted by Crippen LogP contribution is 2.37. The second-order valence-electron chi connectivity index (χ2n) is 5.77. The van der Waals surface area contributed by atoms with E-state index in [4.69, 9.17) is 27.6 Å². The lowest BCUT2D eigenvalue weighted by Crippen LogP contribution is -2.23. The van der Waals surface area contributed by atoms with Gasteiger partial charge in [0.2, 0.25) is 5.13 Å². The smallest absolute Gasteiger partial charge is 0.266 e. The number of aliphatic imine (C=N–C) groups is 1. The molecular formula is C18H12Cl2N4O2S2. The molecule has 28 heavy (non-hydrogen) atoms. The summed E-state index contributed by atoms with van der Waals surface area (Å²) in [5, 5.41) is 10.7. The van der Waals surface area contributed by atoms with Gasteiger partial charge >= 0.3 is 0 Å². The van der Waals surface area contributed by atoms with Crippen molar-refractivity contribution in [2.75, 3.05) is 7.05 Å². The van der Waals surface area contributed by atoms with E-state index >= 15 is 0 Å². The second-order valence-corrected chi connectivity index (χ2v) is 8.76. The minimum Gasteiger partial charge on any atom is -0.457 e. The molecule has 1 amide bonds. The third-order valence-corrected chi connectivity index (χ3v) is 6.24. The standard InChI is InChI=1S/C18H12Cl2N4O2S2/c1-9-22-23-17(27-9)21-18-24(2)16(25)14(28-18)8-10-6-7-13(26-10)15-11(19)4-3-5-12(15)20/h3-8H,1-2H3/b14-8+,21-18+. The van der Waals surface area contributed by atoms with E-state index in [1.54, 1.807) is 43.5 Å². The lowest BCUT2D eigenvalue weighted by atomic mass is 10.2. The molecule has 1 aliphatic rings. The fourth-order valence-electron chi connectivity index (χ4n) is 2.49. The van der Waals surface area contributed by atoms with Crippen molar-refractivity contribution < 1.29 is 9.21 Å². The molecule has 6 nitrogen and oxygen atoms in total. The molecule has 1 aliphatic heterocycles. The summed E-state index contributed by atoms with van der Waals surface area (Å²) in [5.41, 5.74) is 0.617. The molecule has 1 fully saturated rings. The van der Waals surface area contributed by atoms with Gasteiger partial charge in [-0.05, 0) is 43.0 Å². The SMILES string of the molecule is Cc1nnc(/N=C2/S/C(=C/c3ccc(-c4c(Cl)cccc4Cl)o3)C(=O)N2C)s1. The molecule has 3 aromatic rings. The molecular weight excluding hydrogens is 439 g/mol. The van der Waals surface area contributed by atoms with Crippen LogP contribution in [0.2, 0.25) is 10.0 Å². The zero-order valence-electron chi connectivity index (χ0n) is 14.6. The average Bonchev–Trinajstić information content (AvgIpc) is 3.33. The number of aromatic nitrogens is 2. The van der Waals surface area contributed by atoms with Gasteiger partial charge in [0.05, 0.1) is 20.5 Å². The van der Waals surface area contributed by atoms with Crippen molar-refractivity contribution in [2.24, 2.45) is 4.99 Å². The molecule has 0 spiro atoms. The number of furan rings is 1. The normalized spacial score (nSPS) is 17.3. The summed E-state index contributed by atoms with van der Waals surface area (Å²) in [5.74, 6) is 0.881. The largest absolute Gasteiger partial charge is 0.457 e. The van der Waals surface area contributed by atoms with Crippen LogP contribution in [0.4, 0.5) is 5.13 Å². The molecule has 142 valence electrons. The van der Waals surface area contributed by atoms with Gasteiger partial charge in [-0.2, -0.15) is 4.99 Å². The Kier molecular flexibility index (Phi) is 5.29. The number of aryl methyl sites for hydroxylation is 1. The summed E-state index contributed by atoms with van der Waals surface area (Å²) in [7, 11) is 1.67. The molecule has 0 aliphatic carbocycles. The summed E-state index contributed by atoms with van der Waals surface area (Å²) < 4.78 is 5.84. The van der Waals surface area contributed by atoms with Crippen molar-refractivity contribution in [1.29, 1.82) is 0 Å². The topological polar surface area (TPSA) is 71.6 Å². The first-order valence-electron chi connectivity index (χ1n) is 8.03. The van der Waals surface area contributed by atoms with Gasteiger partial charge in [0.15, 0.2) is 5.17 Å². The van der Waals surface area contributed by atoms with E-state index in [0.717, 1.165) is 5.01 Å². The Hall–Kier alpha value is -2.13. The first-order chi connectivity index (χ1) is 13.4. The molecule has 1 saturated heterocycles. The van der Waals surface area contributed by atoms with Gasteiger partial charge in [-0.3, -0.25) is 9.69 Å². The number of amidine groups is 1. The van der Waals surface area contributed by atoms with Gasteiger partial charge < -0.3 is 4.42 Å². The third kappa shape index (κ3) is 3.73. The van der Waals surface area contributed by atoms with E-state index < -0.39 is 0 Å². The van der Waals surface area contributed by atoms with E-state index in [-0.39, 0.29) is 5.91 Å². The van der Waals surface area contributed by atoms with Crippen molar-refractivity contribution in [2.45, 2.75) is 6.92 Å². The van der Waals surface area contributed by atoms with Gasteiger partial charge in [-0.1, -0.05) is 40.6 Å². The highest BCUT2D eigenvalue weighted by Gasteiger charge is 2.31. The highest BCUT2D eigenvalue weighted by molar-refractivity contribution is 8.18. The number of nitrogens with zero attached hydrogens (tertiary/aromatic N) is 4. The molecule has 4 rings (SSSR count). The Morgan fingerprint density at radius 2 is 1.93 bits per heavy atom. The number of hydrogen-bond donors (Lipinski definition) is 0. The molecule has 10 heteroatoms.